The number of hydrogen-bond acceptors (Lipinski definition) is 2. The van der Waals surface area contributed by atoms with Crippen LogP contribution >= 0.6 is 0 Å². The van der Waals surface area contributed by atoms with Crippen molar-refractivity contribution in [3.05, 3.63) is 0 Å². The van der Waals surface area contributed by atoms with E-state index in [0.717, 1.165) is 17.9 Å². The molecule has 2 nitrogen and oxygen atoms in total. The van der Waals surface area contributed by atoms with Gasteiger partial charge in [-0.2, -0.15) is 0 Å². The molecular formula is C17H30N2. The minimum absolute atomic E-state index is 0.414. The highest BCUT2D eigenvalue weighted by Gasteiger charge is 2.55. The van der Waals surface area contributed by atoms with Crippen LogP contribution in [-0.4, -0.2) is 35.1 Å². The van der Waals surface area contributed by atoms with Crippen molar-refractivity contribution < 1.29 is 0 Å². The van der Waals surface area contributed by atoms with Gasteiger partial charge in [0.2, 0.25) is 0 Å². The first-order valence-electron chi connectivity index (χ1n) is 8.64. The van der Waals surface area contributed by atoms with Crippen molar-refractivity contribution >= 4 is 0 Å². The van der Waals surface area contributed by atoms with Crippen LogP contribution in [0.5, 0.6) is 0 Å². The SMILES string of the molecule is CC1(C2CC2)CN(C2CCCC2)C(C)(C2CC2)CN1. The summed E-state index contributed by atoms with van der Waals surface area (Å²) in [5.74, 6) is 1.93. The molecule has 0 amide bonds. The van der Waals surface area contributed by atoms with Gasteiger partial charge in [0, 0.05) is 30.2 Å². The van der Waals surface area contributed by atoms with Crippen LogP contribution in [0.3, 0.4) is 0 Å². The van der Waals surface area contributed by atoms with E-state index in [9.17, 15) is 0 Å². The molecule has 3 saturated carbocycles. The van der Waals surface area contributed by atoms with E-state index in [2.05, 4.69) is 24.1 Å². The van der Waals surface area contributed by atoms with E-state index < -0.39 is 0 Å². The number of hydrogen-bond donors (Lipinski definition) is 1. The molecular weight excluding hydrogens is 232 g/mol. The van der Waals surface area contributed by atoms with E-state index >= 15 is 0 Å². The van der Waals surface area contributed by atoms with E-state index in [1.54, 1.807) is 0 Å². The molecule has 108 valence electrons. The van der Waals surface area contributed by atoms with Crippen molar-refractivity contribution in [1.29, 1.82) is 0 Å². The van der Waals surface area contributed by atoms with Crippen molar-refractivity contribution in [1.82, 2.24) is 10.2 Å². The number of nitrogens with zero attached hydrogens (tertiary/aromatic N) is 1. The molecule has 4 fully saturated rings. The largest absolute Gasteiger partial charge is 0.308 e. The molecule has 1 heterocycles. The molecule has 2 heteroatoms. The van der Waals surface area contributed by atoms with Crippen LogP contribution in [0.1, 0.15) is 65.2 Å². The summed E-state index contributed by atoms with van der Waals surface area (Å²) in [4.78, 5) is 2.98. The normalized spacial score (nSPS) is 45.8. The maximum Gasteiger partial charge on any atom is 0.0337 e. The maximum atomic E-state index is 3.98. The summed E-state index contributed by atoms with van der Waals surface area (Å²) in [6.07, 6.45) is 11.7. The van der Waals surface area contributed by atoms with Gasteiger partial charge in [-0.25, -0.2) is 0 Å². The quantitative estimate of drug-likeness (QED) is 0.840. The van der Waals surface area contributed by atoms with Gasteiger partial charge in [0.1, 0.15) is 0 Å². The molecule has 3 aliphatic carbocycles. The summed E-state index contributed by atoms with van der Waals surface area (Å²) in [5, 5.41) is 3.98. The highest BCUT2D eigenvalue weighted by Crippen LogP contribution is 2.50. The van der Waals surface area contributed by atoms with Crippen molar-refractivity contribution in [3.63, 3.8) is 0 Å². The summed E-state index contributed by atoms with van der Waals surface area (Å²) < 4.78 is 0. The summed E-state index contributed by atoms with van der Waals surface area (Å²) in [6.45, 7) is 7.61. The molecule has 0 aromatic carbocycles. The molecule has 0 aromatic rings. The second-order valence-corrected chi connectivity index (χ2v) is 8.24. The van der Waals surface area contributed by atoms with Gasteiger partial charge < -0.3 is 5.32 Å². The van der Waals surface area contributed by atoms with Crippen LogP contribution in [0.4, 0.5) is 0 Å². The molecule has 2 unspecified atom stereocenters. The predicted molar refractivity (Wildman–Crippen MR) is 79.2 cm³/mol. The molecule has 1 N–H and O–H groups in total. The molecule has 0 radical (unpaired) electrons. The molecule has 19 heavy (non-hydrogen) atoms. The van der Waals surface area contributed by atoms with Gasteiger partial charge in [0.15, 0.2) is 0 Å². The summed E-state index contributed by atoms with van der Waals surface area (Å²) >= 11 is 0. The minimum atomic E-state index is 0.414. The first-order chi connectivity index (χ1) is 9.12. The lowest BCUT2D eigenvalue weighted by Crippen LogP contribution is -2.71. The second-order valence-electron chi connectivity index (χ2n) is 8.24. The van der Waals surface area contributed by atoms with Gasteiger partial charge >= 0.3 is 0 Å². The summed E-state index contributed by atoms with van der Waals surface area (Å²) in [6, 6.07) is 0.894. The monoisotopic (exact) mass is 262 g/mol. The van der Waals surface area contributed by atoms with E-state index in [1.807, 2.05) is 0 Å². The smallest absolute Gasteiger partial charge is 0.0337 e. The van der Waals surface area contributed by atoms with Crippen molar-refractivity contribution in [3.8, 4) is 0 Å². The van der Waals surface area contributed by atoms with Crippen LogP contribution in [0, 0.1) is 11.8 Å². The Balaban J connectivity index is 1.58. The third kappa shape index (κ3) is 2.06. The summed E-state index contributed by atoms with van der Waals surface area (Å²) in [7, 11) is 0. The fraction of sp³-hybridized carbons (Fsp3) is 1.00. The zero-order valence-corrected chi connectivity index (χ0v) is 12.8. The van der Waals surface area contributed by atoms with Gasteiger partial charge in [0.25, 0.3) is 0 Å². The lowest BCUT2D eigenvalue weighted by atomic mass is 9.81. The van der Waals surface area contributed by atoms with Gasteiger partial charge in [-0.15, -0.1) is 0 Å². The van der Waals surface area contributed by atoms with Crippen molar-refractivity contribution in [2.75, 3.05) is 13.1 Å². The van der Waals surface area contributed by atoms with Gasteiger partial charge in [-0.1, -0.05) is 12.8 Å². The molecule has 1 saturated heterocycles. The van der Waals surface area contributed by atoms with Gasteiger partial charge in [-0.3, -0.25) is 4.90 Å². The Hall–Kier alpha value is -0.0800. The van der Waals surface area contributed by atoms with Crippen molar-refractivity contribution in [2.24, 2.45) is 11.8 Å². The predicted octanol–water partition coefficient (Wildman–Crippen LogP) is 3.17. The maximum absolute atomic E-state index is 3.98. The molecule has 0 spiro atoms. The third-order valence-corrected chi connectivity index (χ3v) is 6.71. The van der Waals surface area contributed by atoms with Crippen LogP contribution < -0.4 is 5.32 Å². The Bertz CT molecular complexity index is 354. The molecule has 4 rings (SSSR count). The Morgan fingerprint density at radius 1 is 0.895 bits per heavy atom. The standard InChI is InChI=1S/C17H30N2/c1-16(13-7-8-13)12-19(15-5-3-4-6-15)17(2,11-18-16)14-9-10-14/h13-15,18H,3-12H2,1-2H3. The molecule has 0 bridgehead atoms. The zero-order valence-electron chi connectivity index (χ0n) is 12.8. The van der Waals surface area contributed by atoms with Crippen LogP contribution in [-0.2, 0) is 0 Å². The Kier molecular flexibility index (Phi) is 2.80. The lowest BCUT2D eigenvalue weighted by molar-refractivity contribution is -0.0302. The highest BCUT2D eigenvalue weighted by molar-refractivity contribution is 5.13. The first-order valence-corrected chi connectivity index (χ1v) is 8.64. The van der Waals surface area contributed by atoms with Crippen LogP contribution in [0.25, 0.3) is 0 Å². The molecule has 1 aliphatic heterocycles. The van der Waals surface area contributed by atoms with E-state index in [1.165, 1.54) is 64.5 Å². The first kappa shape index (κ1) is 12.6. The van der Waals surface area contributed by atoms with Crippen LogP contribution in [0.15, 0.2) is 0 Å². The number of nitrogens with one attached hydrogen (secondary N) is 1. The Morgan fingerprint density at radius 3 is 2.11 bits per heavy atom. The van der Waals surface area contributed by atoms with E-state index in [4.69, 9.17) is 0 Å². The number of piperazine rings is 1. The molecule has 4 aliphatic rings. The fourth-order valence-electron chi connectivity index (χ4n) is 4.91. The molecule has 2 atom stereocenters. The van der Waals surface area contributed by atoms with E-state index in [-0.39, 0.29) is 0 Å². The fourth-order valence-corrected chi connectivity index (χ4v) is 4.91. The average molecular weight is 262 g/mol. The van der Waals surface area contributed by atoms with Gasteiger partial charge in [0.05, 0.1) is 0 Å². The average Bonchev–Trinajstić information content (AvgIpc) is 3.30. The zero-order chi connectivity index (χ0) is 13.1. The number of rotatable bonds is 3. The third-order valence-electron chi connectivity index (χ3n) is 6.71. The lowest BCUT2D eigenvalue weighted by Gasteiger charge is -2.55. The van der Waals surface area contributed by atoms with E-state index in [0.29, 0.717) is 11.1 Å². The Morgan fingerprint density at radius 2 is 1.53 bits per heavy atom. The topological polar surface area (TPSA) is 15.3 Å². The molecule has 0 aromatic heterocycles. The summed E-state index contributed by atoms with van der Waals surface area (Å²) in [5.41, 5.74) is 0.875. The van der Waals surface area contributed by atoms with Crippen molar-refractivity contribution in [2.45, 2.75) is 82.3 Å². The van der Waals surface area contributed by atoms with Gasteiger partial charge in [-0.05, 0) is 64.2 Å². The second kappa shape index (κ2) is 4.21. The minimum Gasteiger partial charge on any atom is -0.308 e. The highest BCUT2D eigenvalue weighted by atomic mass is 15.3. The van der Waals surface area contributed by atoms with Crippen LogP contribution in [0.2, 0.25) is 0 Å². The Labute approximate surface area is 118 Å².